The predicted octanol–water partition coefficient (Wildman–Crippen LogP) is 3.58. The van der Waals surface area contributed by atoms with E-state index in [9.17, 15) is 9.18 Å². The van der Waals surface area contributed by atoms with Crippen molar-refractivity contribution in [1.82, 2.24) is 10.6 Å². The Morgan fingerprint density at radius 1 is 1.41 bits per heavy atom. The molecule has 3 atom stereocenters. The number of hydrogen-bond acceptors (Lipinski definition) is 2. The Bertz CT molecular complexity index is 554. The minimum atomic E-state index is -0.436. The third-order valence-corrected chi connectivity index (χ3v) is 5.16. The molecule has 0 spiro atoms. The molecule has 2 bridgehead atoms. The van der Waals surface area contributed by atoms with Crippen LogP contribution in [0.15, 0.2) is 18.2 Å². The molecule has 3 rings (SSSR count). The first-order chi connectivity index (χ1) is 10.5. The summed E-state index contributed by atoms with van der Waals surface area (Å²) in [5, 5.41) is 6.68. The van der Waals surface area contributed by atoms with Crippen LogP contribution in [-0.2, 0) is 4.79 Å². The summed E-state index contributed by atoms with van der Waals surface area (Å²) in [7, 11) is 0. The molecule has 2 N–H and O–H groups in total. The number of piperidine rings is 1. The Labute approximate surface area is 135 Å². The number of carbonyl (C=O) groups is 1. The van der Waals surface area contributed by atoms with Crippen LogP contribution in [0.2, 0.25) is 5.02 Å². The second-order valence-electron chi connectivity index (χ2n) is 6.64. The number of nitrogens with one attached hydrogen (secondary N) is 2. The SMILES string of the molecule is CC(NC(=O)CC1CC2CCC(C1)N2)c1ccc(F)c(Cl)c1. The second-order valence-corrected chi connectivity index (χ2v) is 7.05. The zero-order chi connectivity index (χ0) is 15.7. The molecular weight excluding hydrogens is 303 g/mol. The summed E-state index contributed by atoms with van der Waals surface area (Å²) < 4.78 is 13.2. The average molecular weight is 325 g/mol. The highest BCUT2D eigenvalue weighted by Gasteiger charge is 2.34. The van der Waals surface area contributed by atoms with Crippen molar-refractivity contribution >= 4 is 17.5 Å². The number of carbonyl (C=O) groups excluding carboxylic acids is 1. The summed E-state index contributed by atoms with van der Waals surface area (Å²) in [4.78, 5) is 12.2. The fourth-order valence-corrected chi connectivity index (χ4v) is 3.96. The van der Waals surface area contributed by atoms with Crippen LogP contribution in [0.25, 0.3) is 0 Å². The van der Waals surface area contributed by atoms with E-state index < -0.39 is 5.82 Å². The van der Waals surface area contributed by atoms with Gasteiger partial charge in [0.05, 0.1) is 11.1 Å². The van der Waals surface area contributed by atoms with Crippen LogP contribution in [0.1, 0.15) is 50.6 Å². The summed E-state index contributed by atoms with van der Waals surface area (Å²) in [5.74, 6) is 0.108. The summed E-state index contributed by atoms with van der Waals surface area (Å²) in [5.41, 5.74) is 0.824. The lowest BCUT2D eigenvalue weighted by Crippen LogP contribution is -2.40. The van der Waals surface area contributed by atoms with Crippen molar-refractivity contribution in [3.63, 3.8) is 0 Å². The Morgan fingerprint density at radius 2 is 2.09 bits per heavy atom. The molecule has 0 radical (unpaired) electrons. The maximum atomic E-state index is 13.2. The van der Waals surface area contributed by atoms with Crippen molar-refractivity contribution in [2.45, 2.75) is 57.2 Å². The zero-order valence-electron chi connectivity index (χ0n) is 12.7. The molecule has 1 aromatic carbocycles. The molecule has 1 amide bonds. The molecule has 2 aliphatic heterocycles. The molecule has 0 aromatic heterocycles. The first-order valence-corrected chi connectivity index (χ1v) is 8.39. The molecule has 3 nitrogen and oxygen atoms in total. The van der Waals surface area contributed by atoms with Gasteiger partial charge in [-0.3, -0.25) is 4.79 Å². The Hall–Kier alpha value is -1.13. The van der Waals surface area contributed by atoms with Crippen molar-refractivity contribution in [3.8, 4) is 0 Å². The van der Waals surface area contributed by atoms with E-state index in [2.05, 4.69) is 10.6 Å². The van der Waals surface area contributed by atoms with Crippen LogP contribution in [-0.4, -0.2) is 18.0 Å². The molecular formula is C17H22ClFN2O. The third-order valence-electron chi connectivity index (χ3n) is 4.87. The first kappa shape index (κ1) is 15.8. The van der Waals surface area contributed by atoms with E-state index >= 15 is 0 Å². The van der Waals surface area contributed by atoms with E-state index in [-0.39, 0.29) is 17.0 Å². The van der Waals surface area contributed by atoms with Crippen LogP contribution < -0.4 is 10.6 Å². The van der Waals surface area contributed by atoms with Gasteiger partial charge >= 0.3 is 0 Å². The van der Waals surface area contributed by atoms with Gasteiger partial charge in [-0.05, 0) is 56.2 Å². The number of halogens is 2. The summed E-state index contributed by atoms with van der Waals surface area (Å²) in [6.45, 7) is 1.90. The second kappa shape index (κ2) is 6.55. The summed E-state index contributed by atoms with van der Waals surface area (Å²) >= 11 is 5.79. The van der Waals surface area contributed by atoms with Crippen LogP contribution in [0.3, 0.4) is 0 Å². The lowest BCUT2D eigenvalue weighted by Gasteiger charge is -2.29. The van der Waals surface area contributed by atoms with Gasteiger partial charge in [0.1, 0.15) is 5.82 Å². The van der Waals surface area contributed by atoms with E-state index in [1.165, 1.54) is 18.9 Å². The van der Waals surface area contributed by atoms with E-state index in [4.69, 9.17) is 11.6 Å². The molecule has 2 heterocycles. The van der Waals surface area contributed by atoms with Gasteiger partial charge in [-0.2, -0.15) is 0 Å². The maximum absolute atomic E-state index is 13.2. The molecule has 120 valence electrons. The average Bonchev–Trinajstić information content (AvgIpc) is 2.80. The van der Waals surface area contributed by atoms with Crippen LogP contribution in [0.4, 0.5) is 4.39 Å². The fourth-order valence-electron chi connectivity index (χ4n) is 3.77. The van der Waals surface area contributed by atoms with Crippen molar-refractivity contribution in [3.05, 3.63) is 34.6 Å². The highest BCUT2D eigenvalue weighted by atomic mass is 35.5. The molecule has 2 fully saturated rings. The number of benzene rings is 1. The largest absolute Gasteiger partial charge is 0.350 e. The van der Waals surface area contributed by atoms with Crippen molar-refractivity contribution in [2.24, 2.45) is 5.92 Å². The molecule has 0 saturated carbocycles. The highest BCUT2D eigenvalue weighted by molar-refractivity contribution is 6.30. The standard InChI is InChI=1S/C17H22ClFN2O/c1-10(12-2-5-16(19)15(18)9-12)20-17(22)8-11-6-13-3-4-14(7-11)21-13/h2,5,9-11,13-14,21H,3-4,6-8H2,1H3,(H,20,22). The minimum Gasteiger partial charge on any atom is -0.350 e. The summed E-state index contributed by atoms with van der Waals surface area (Å²) in [6, 6.07) is 5.62. The van der Waals surface area contributed by atoms with Crippen LogP contribution in [0.5, 0.6) is 0 Å². The van der Waals surface area contributed by atoms with Crippen molar-refractivity contribution in [2.75, 3.05) is 0 Å². The third kappa shape index (κ3) is 3.61. The van der Waals surface area contributed by atoms with Crippen molar-refractivity contribution in [1.29, 1.82) is 0 Å². The molecule has 3 unspecified atom stereocenters. The summed E-state index contributed by atoms with van der Waals surface area (Å²) in [6.07, 6.45) is 5.26. The zero-order valence-corrected chi connectivity index (χ0v) is 13.5. The Morgan fingerprint density at radius 3 is 2.73 bits per heavy atom. The quantitative estimate of drug-likeness (QED) is 0.889. The monoisotopic (exact) mass is 324 g/mol. The van der Waals surface area contributed by atoms with Gasteiger partial charge in [0.15, 0.2) is 0 Å². The minimum absolute atomic E-state index is 0.0687. The van der Waals surface area contributed by atoms with Gasteiger partial charge in [-0.25, -0.2) is 4.39 Å². The van der Waals surface area contributed by atoms with Crippen molar-refractivity contribution < 1.29 is 9.18 Å². The Kier molecular flexibility index (Phi) is 4.69. The van der Waals surface area contributed by atoms with Gasteiger partial charge in [0.25, 0.3) is 0 Å². The predicted molar refractivity (Wildman–Crippen MR) is 85.3 cm³/mol. The number of rotatable bonds is 4. The Balaban J connectivity index is 1.53. The first-order valence-electron chi connectivity index (χ1n) is 8.01. The molecule has 0 aliphatic carbocycles. The number of amides is 1. The van der Waals surface area contributed by atoms with Crippen LogP contribution >= 0.6 is 11.6 Å². The van der Waals surface area contributed by atoms with Gasteiger partial charge in [-0.15, -0.1) is 0 Å². The van der Waals surface area contributed by atoms with Gasteiger partial charge in [-0.1, -0.05) is 17.7 Å². The van der Waals surface area contributed by atoms with E-state index in [1.807, 2.05) is 6.92 Å². The van der Waals surface area contributed by atoms with E-state index in [0.717, 1.165) is 18.4 Å². The molecule has 2 saturated heterocycles. The molecule has 1 aromatic rings. The normalized spacial score (nSPS) is 28.4. The maximum Gasteiger partial charge on any atom is 0.220 e. The molecule has 5 heteroatoms. The molecule has 2 aliphatic rings. The van der Waals surface area contributed by atoms with E-state index in [0.29, 0.717) is 24.4 Å². The highest BCUT2D eigenvalue weighted by Crippen LogP contribution is 2.32. The molecule has 22 heavy (non-hydrogen) atoms. The number of hydrogen-bond donors (Lipinski definition) is 2. The smallest absolute Gasteiger partial charge is 0.220 e. The lowest BCUT2D eigenvalue weighted by atomic mass is 9.89. The topological polar surface area (TPSA) is 41.1 Å². The number of fused-ring (bicyclic) bond motifs is 2. The lowest BCUT2D eigenvalue weighted by molar-refractivity contribution is -0.122. The van der Waals surface area contributed by atoms with Gasteiger partial charge < -0.3 is 10.6 Å². The van der Waals surface area contributed by atoms with Gasteiger partial charge in [0.2, 0.25) is 5.91 Å². The fraction of sp³-hybridized carbons (Fsp3) is 0.588. The van der Waals surface area contributed by atoms with Crippen LogP contribution in [0, 0.1) is 11.7 Å². The van der Waals surface area contributed by atoms with Gasteiger partial charge in [0, 0.05) is 18.5 Å². The van der Waals surface area contributed by atoms with E-state index in [1.54, 1.807) is 12.1 Å².